The molecule has 0 saturated carbocycles. The molecule has 1 heterocycles. The van der Waals surface area contributed by atoms with Crippen LogP contribution < -0.4 is 4.74 Å². The highest BCUT2D eigenvalue weighted by molar-refractivity contribution is 9.10. The second-order valence-electron chi connectivity index (χ2n) is 5.72. The first-order valence-corrected chi connectivity index (χ1v) is 10.1. The minimum atomic E-state index is -0.600. The number of carbonyl (C=O) groups is 1. The quantitative estimate of drug-likeness (QED) is 0.584. The Balaban J connectivity index is 2.01. The van der Waals surface area contributed by atoms with Gasteiger partial charge in [0.1, 0.15) is 22.1 Å². The van der Waals surface area contributed by atoms with Crippen molar-refractivity contribution < 1.29 is 19.4 Å². The molecule has 0 spiro atoms. The normalized spacial score (nSPS) is 16.7. The van der Waals surface area contributed by atoms with Gasteiger partial charge in [0.15, 0.2) is 0 Å². The van der Waals surface area contributed by atoms with Crippen LogP contribution in [0.3, 0.4) is 0 Å². The van der Waals surface area contributed by atoms with Crippen LogP contribution in [0.5, 0.6) is 5.75 Å². The summed E-state index contributed by atoms with van der Waals surface area (Å²) in [5.41, 5.74) is 1.60. The number of carbonyl (C=O) groups excluding carboxylic acids is 1. The fourth-order valence-electron chi connectivity index (χ4n) is 2.51. The zero-order valence-electron chi connectivity index (χ0n) is 15.3. The van der Waals surface area contributed by atoms with E-state index in [-0.39, 0.29) is 17.9 Å². The number of aliphatic hydroxyl groups is 1. The highest BCUT2D eigenvalue weighted by atomic mass is 79.9. The van der Waals surface area contributed by atoms with Crippen LogP contribution in [0.25, 0.3) is 6.08 Å². The van der Waals surface area contributed by atoms with Crippen molar-refractivity contribution in [2.24, 2.45) is 4.99 Å². The molecule has 0 unspecified atom stereocenters. The molecule has 0 amide bonds. The first-order chi connectivity index (χ1) is 13.5. The maximum absolute atomic E-state index is 12.4. The molecule has 7 heteroatoms. The van der Waals surface area contributed by atoms with E-state index in [4.69, 9.17) is 9.47 Å². The summed E-state index contributed by atoms with van der Waals surface area (Å²) in [6.45, 7) is 1.93. The predicted molar refractivity (Wildman–Crippen MR) is 116 cm³/mol. The zero-order chi connectivity index (χ0) is 20.1. The predicted octanol–water partition coefficient (Wildman–Crippen LogP) is 5.65. The number of aliphatic imine (C=N–C) groups is 1. The molecule has 2 aromatic rings. The van der Waals surface area contributed by atoms with E-state index in [1.165, 1.54) is 11.8 Å². The Hall–Kier alpha value is -2.51. The maximum Gasteiger partial charge on any atom is 0.344 e. The lowest BCUT2D eigenvalue weighted by Crippen LogP contribution is -2.12. The molecule has 2 aromatic carbocycles. The van der Waals surface area contributed by atoms with E-state index in [1.54, 1.807) is 44.4 Å². The summed E-state index contributed by atoms with van der Waals surface area (Å²) < 4.78 is 11.2. The highest BCUT2D eigenvalue weighted by Crippen LogP contribution is 2.40. The molecule has 144 valence electrons. The number of benzene rings is 2. The van der Waals surface area contributed by atoms with Crippen molar-refractivity contribution in [1.29, 1.82) is 0 Å². The van der Waals surface area contributed by atoms with E-state index in [9.17, 15) is 9.90 Å². The van der Waals surface area contributed by atoms with Crippen LogP contribution in [-0.2, 0) is 9.53 Å². The molecule has 5 nitrogen and oxygen atoms in total. The van der Waals surface area contributed by atoms with Gasteiger partial charge in [-0.15, -0.1) is 0 Å². The van der Waals surface area contributed by atoms with Crippen molar-refractivity contribution in [2.75, 3.05) is 13.7 Å². The number of methoxy groups -OCH3 is 1. The largest absolute Gasteiger partial charge is 0.506 e. The van der Waals surface area contributed by atoms with Crippen LogP contribution in [0.1, 0.15) is 12.5 Å². The van der Waals surface area contributed by atoms with Gasteiger partial charge in [-0.3, -0.25) is 0 Å². The van der Waals surface area contributed by atoms with Crippen molar-refractivity contribution in [3.63, 3.8) is 0 Å². The smallest absolute Gasteiger partial charge is 0.344 e. The number of aliphatic hydroxyl groups excluding tert-OH is 1. The van der Waals surface area contributed by atoms with Gasteiger partial charge in [0.2, 0.25) is 0 Å². The molecular formula is C21H18BrNO4S. The zero-order valence-corrected chi connectivity index (χ0v) is 17.7. The average Bonchev–Trinajstić information content (AvgIpc) is 2.97. The lowest BCUT2D eigenvalue weighted by atomic mass is 10.1. The van der Waals surface area contributed by atoms with Crippen LogP contribution in [0, 0.1) is 0 Å². The van der Waals surface area contributed by atoms with Crippen LogP contribution in [-0.4, -0.2) is 29.8 Å². The molecule has 1 aliphatic heterocycles. The van der Waals surface area contributed by atoms with Gasteiger partial charge >= 0.3 is 5.97 Å². The highest BCUT2D eigenvalue weighted by Gasteiger charge is 2.33. The Labute approximate surface area is 175 Å². The Morgan fingerprint density at radius 3 is 2.64 bits per heavy atom. The summed E-state index contributed by atoms with van der Waals surface area (Å²) in [4.78, 5) is 17.5. The van der Waals surface area contributed by atoms with Gasteiger partial charge in [-0.1, -0.05) is 39.8 Å². The van der Waals surface area contributed by atoms with E-state index >= 15 is 0 Å². The third-order valence-electron chi connectivity index (χ3n) is 3.82. The topological polar surface area (TPSA) is 68.1 Å². The first-order valence-electron chi connectivity index (χ1n) is 8.50. The lowest BCUT2D eigenvalue weighted by Gasteiger charge is -2.04. The fourth-order valence-corrected chi connectivity index (χ4v) is 3.97. The van der Waals surface area contributed by atoms with Gasteiger partial charge in [-0.25, -0.2) is 9.79 Å². The SMILES string of the molecule is CCOC(=O)C1=C(O)/C(=C\c2cccc(Br)c2)SC1=Nc1ccc(OC)cc1. The minimum absolute atomic E-state index is 0.0731. The van der Waals surface area contributed by atoms with Gasteiger partial charge in [-0.05, 0) is 55.0 Å². The molecule has 0 fully saturated rings. The molecule has 0 aliphatic carbocycles. The van der Waals surface area contributed by atoms with Gasteiger partial charge in [-0.2, -0.15) is 0 Å². The molecule has 0 aromatic heterocycles. The number of hydrogen-bond donors (Lipinski definition) is 1. The van der Waals surface area contributed by atoms with E-state index in [0.717, 1.165) is 10.0 Å². The number of nitrogens with zero attached hydrogens (tertiary/aromatic N) is 1. The summed E-state index contributed by atoms with van der Waals surface area (Å²) >= 11 is 4.66. The Morgan fingerprint density at radius 1 is 1.25 bits per heavy atom. The Morgan fingerprint density at radius 2 is 2.00 bits per heavy atom. The van der Waals surface area contributed by atoms with E-state index < -0.39 is 5.97 Å². The van der Waals surface area contributed by atoms with Crippen molar-refractivity contribution in [2.45, 2.75) is 6.92 Å². The summed E-state index contributed by atoms with van der Waals surface area (Å²) in [5.74, 6) is -0.0182. The molecule has 0 bridgehead atoms. The summed E-state index contributed by atoms with van der Waals surface area (Å²) in [7, 11) is 1.59. The lowest BCUT2D eigenvalue weighted by molar-refractivity contribution is -0.138. The second kappa shape index (κ2) is 9.12. The van der Waals surface area contributed by atoms with Crippen molar-refractivity contribution in [3.8, 4) is 5.75 Å². The monoisotopic (exact) mass is 459 g/mol. The summed E-state index contributed by atoms with van der Waals surface area (Å²) in [6.07, 6.45) is 1.81. The fraction of sp³-hybridized carbons (Fsp3) is 0.143. The molecule has 0 atom stereocenters. The van der Waals surface area contributed by atoms with Crippen LogP contribution in [0.4, 0.5) is 5.69 Å². The van der Waals surface area contributed by atoms with Gasteiger partial charge < -0.3 is 14.6 Å². The van der Waals surface area contributed by atoms with E-state index in [2.05, 4.69) is 20.9 Å². The Kier molecular flexibility index (Phi) is 6.59. The van der Waals surface area contributed by atoms with Gasteiger partial charge in [0.05, 0.1) is 24.3 Å². The molecule has 3 rings (SSSR count). The second-order valence-corrected chi connectivity index (χ2v) is 7.67. The molecule has 28 heavy (non-hydrogen) atoms. The molecule has 1 aliphatic rings. The van der Waals surface area contributed by atoms with Crippen molar-refractivity contribution >= 4 is 50.5 Å². The van der Waals surface area contributed by atoms with Crippen LogP contribution in [0.15, 0.2) is 74.2 Å². The Bertz CT molecular complexity index is 980. The van der Waals surface area contributed by atoms with Gasteiger partial charge in [0, 0.05) is 4.47 Å². The van der Waals surface area contributed by atoms with Crippen LogP contribution >= 0.6 is 27.7 Å². The number of rotatable bonds is 5. The third-order valence-corrected chi connectivity index (χ3v) is 5.33. The van der Waals surface area contributed by atoms with Crippen molar-refractivity contribution in [3.05, 3.63) is 74.8 Å². The van der Waals surface area contributed by atoms with E-state index in [1.807, 2.05) is 24.3 Å². The molecular weight excluding hydrogens is 442 g/mol. The standard InChI is InChI=1S/C21H18BrNO4S/c1-3-27-21(25)18-19(24)17(12-13-5-4-6-14(22)11-13)28-20(18)23-15-7-9-16(26-2)10-8-15/h4-12,24H,3H2,1-2H3/b17-12+,23-20?. The minimum Gasteiger partial charge on any atom is -0.506 e. The van der Waals surface area contributed by atoms with Gasteiger partial charge in [0.25, 0.3) is 0 Å². The van der Waals surface area contributed by atoms with E-state index in [0.29, 0.717) is 21.4 Å². The third kappa shape index (κ3) is 4.66. The van der Waals surface area contributed by atoms with Crippen molar-refractivity contribution in [1.82, 2.24) is 0 Å². The number of hydrogen-bond acceptors (Lipinski definition) is 6. The summed E-state index contributed by atoms with van der Waals surface area (Å²) in [5, 5.41) is 11.1. The number of thioether (sulfide) groups is 1. The molecule has 0 radical (unpaired) electrons. The molecule has 0 saturated heterocycles. The average molecular weight is 460 g/mol. The van der Waals surface area contributed by atoms with Crippen LogP contribution in [0.2, 0.25) is 0 Å². The molecule has 1 N–H and O–H groups in total. The maximum atomic E-state index is 12.4. The number of halogens is 1. The number of ether oxygens (including phenoxy) is 2. The number of esters is 1. The summed E-state index contributed by atoms with van der Waals surface area (Å²) in [6, 6.07) is 14.8. The first kappa shape index (κ1) is 20.2.